The molecule has 1 aliphatic rings. The molecule has 0 spiro atoms. The van der Waals surface area contributed by atoms with E-state index in [0.717, 1.165) is 42.4 Å². The highest BCUT2D eigenvalue weighted by atomic mass is 16.6. The molecule has 3 amide bonds. The van der Waals surface area contributed by atoms with Crippen LogP contribution in [0.25, 0.3) is 0 Å². The van der Waals surface area contributed by atoms with Crippen LogP contribution in [0.15, 0.2) is 54.6 Å². The average molecular weight is 536 g/mol. The number of ether oxygens (including phenoxy) is 1. The van der Waals surface area contributed by atoms with Crippen LogP contribution in [-0.2, 0) is 20.7 Å². The van der Waals surface area contributed by atoms with Crippen LogP contribution in [0.4, 0.5) is 4.79 Å². The second kappa shape index (κ2) is 13.6. The van der Waals surface area contributed by atoms with Crippen molar-refractivity contribution in [1.82, 2.24) is 15.5 Å². The van der Waals surface area contributed by atoms with Crippen LogP contribution in [0.5, 0.6) is 0 Å². The molecule has 39 heavy (non-hydrogen) atoms. The molecule has 0 aliphatic heterocycles. The summed E-state index contributed by atoms with van der Waals surface area (Å²) in [4.78, 5) is 42.8. The lowest BCUT2D eigenvalue weighted by Gasteiger charge is -2.35. The summed E-state index contributed by atoms with van der Waals surface area (Å²) >= 11 is 0. The summed E-state index contributed by atoms with van der Waals surface area (Å²) < 4.78 is 5.52. The maximum absolute atomic E-state index is 14.4. The molecule has 4 atom stereocenters. The second-order valence-electron chi connectivity index (χ2n) is 11.7. The van der Waals surface area contributed by atoms with Crippen LogP contribution in [0, 0.1) is 12.8 Å². The summed E-state index contributed by atoms with van der Waals surface area (Å²) in [6.07, 6.45) is 3.40. The maximum atomic E-state index is 14.4. The van der Waals surface area contributed by atoms with Gasteiger partial charge in [0, 0.05) is 19.0 Å². The van der Waals surface area contributed by atoms with E-state index < -0.39 is 23.8 Å². The Kier molecular flexibility index (Phi) is 10.6. The molecule has 212 valence electrons. The number of hydrogen-bond acceptors (Lipinski definition) is 4. The Hall–Kier alpha value is -3.35. The zero-order chi connectivity index (χ0) is 28.6. The van der Waals surface area contributed by atoms with E-state index in [9.17, 15) is 14.4 Å². The summed E-state index contributed by atoms with van der Waals surface area (Å²) in [6.45, 7) is 12.1. The maximum Gasteiger partial charge on any atom is 0.408 e. The van der Waals surface area contributed by atoms with Gasteiger partial charge in [-0.25, -0.2) is 4.79 Å². The lowest BCUT2D eigenvalue weighted by molar-refractivity contribution is -0.143. The number of aryl methyl sites for hydroxylation is 1. The minimum absolute atomic E-state index is 0.0943. The first-order valence-electron chi connectivity index (χ1n) is 14.2. The molecule has 0 heterocycles. The van der Waals surface area contributed by atoms with Gasteiger partial charge in [0.2, 0.25) is 11.8 Å². The van der Waals surface area contributed by atoms with Crippen LogP contribution in [0.2, 0.25) is 0 Å². The molecule has 7 nitrogen and oxygen atoms in total. The van der Waals surface area contributed by atoms with Crippen LogP contribution >= 0.6 is 0 Å². The Balaban J connectivity index is 1.99. The monoisotopic (exact) mass is 535 g/mol. The standard InChI is InChI=1S/C32H45N3O4/c1-7-8-12-18-33-29(36)28(25-17-13-14-22(2)19-25)35(27-20-23(27)3)30(37)26(21-24-15-10-9-11-16-24)34-31(38)39-32(4,5)6/h9-11,13-17,19,23,26-28H,7-8,12,18,20-21H2,1-6H3,(H,33,36)(H,34,38). The van der Waals surface area contributed by atoms with Crippen LogP contribution < -0.4 is 10.6 Å². The number of rotatable bonds is 12. The number of carbonyl (C=O) groups is 3. The summed E-state index contributed by atoms with van der Waals surface area (Å²) in [7, 11) is 0. The molecule has 3 rings (SSSR count). The Labute approximate surface area is 233 Å². The highest BCUT2D eigenvalue weighted by molar-refractivity contribution is 5.92. The predicted molar refractivity (Wildman–Crippen MR) is 154 cm³/mol. The zero-order valence-electron chi connectivity index (χ0n) is 24.3. The van der Waals surface area contributed by atoms with Crippen molar-refractivity contribution in [3.8, 4) is 0 Å². The van der Waals surface area contributed by atoms with Gasteiger partial charge in [-0.1, -0.05) is 86.8 Å². The highest BCUT2D eigenvalue weighted by Crippen LogP contribution is 2.41. The van der Waals surface area contributed by atoms with E-state index in [-0.39, 0.29) is 30.2 Å². The minimum atomic E-state index is -0.893. The van der Waals surface area contributed by atoms with E-state index in [2.05, 4.69) is 24.5 Å². The first-order valence-corrected chi connectivity index (χ1v) is 14.2. The third-order valence-corrected chi connectivity index (χ3v) is 6.91. The molecule has 0 bridgehead atoms. The van der Waals surface area contributed by atoms with Crippen molar-refractivity contribution in [2.75, 3.05) is 6.54 Å². The number of hydrogen-bond donors (Lipinski definition) is 2. The smallest absolute Gasteiger partial charge is 0.408 e. The second-order valence-corrected chi connectivity index (χ2v) is 11.7. The van der Waals surface area contributed by atoms with E-state index in [1.165, 1.54) is 0 Å². The molecule has 1 fully saturated rings. The molecule has 1 saturated carbocycles. The van der Waals surface area contributed by atoms with E-state index >= 15 is 0 Å². The van der Waals surface area contributed by atoms with Gasteiger partial charge in [-0.2, -0.15) is 0 Å². The number of unbranched alkanes of at least 4 members (excludes halogenated alkanes) is 2. The topological polar surface area (TPSA) is 87.7 Å². The number of nitrogens with zero attached hydrogens (tertiary/aromatic N) is 1. The van der Waals surface area contributed by atoms with Crippen molar-refractivity contribution in [2.24, 2.45) is 5.92 Å². The van der Waals surface area contributed by atoms with Crippen molar-refractivity contribution >= 4 is 17.9 Å². The molecular weight excluding hydrogens is 490 g/mol. The Bertz CT molecular complexity index is 1110. The van der Waals surface area contributed by atoms with Crippen LogP contribution in [0.3, 0.4) is 0 Å². The fourth-order valence-corrected chi connectivity index (χ4v) is 4.81. The van der Waals surface area contributed by atoms with Gasteiger partial charge in [-0.15, -0.1) is 0 Å². The van der Waals surface area contributed by atoms with Crippen LogP contribution in [-0.4, -0.2) is 47.0 Å². The first-order chi connectivity index (χ1) is 18.5. The molecular formula is C32H45N3O4. The summed E-state index contributed by atoms with van der Waals surface area (Å²) in [5.74, 6) is -0.220. The largest absolute Gasteiger partial charge is 0.444 e. The van der Waals surface area contributed by atoms with Gasteiger partial charge in [0.05, 0.1) is 0 Å². The molecule has 2 aromatic carbocycles. The molecule has 2 aromatic rings. The summed E-state index contributed by atoms with van der Waals surface area (Å²) in [5.41, 5.74) is 1.98. The Morgan fingerprint density at radius 2 is 1.74 bits per heavy atom. The van der Waals surface area contributed by atoms with Gasteiger partial charge in [0.15, 0.2) is 0 Å². The van der Waals surface area contributed by atoms with Crippen molar-refractivity contribution < 1.29 is 19.1 Å². The molecule has 0 saturated heterocycles. The van der Waals surface area contributed by atoms with Crippen LogP contribution in [0.1, 0.15) is 83.0 Å². The third kappa shape index (κ3) is 9.12. The Morgan fingerprint density at radius 3 is 2.33 bits per heavy atom. The Morgan fingerprint density at radius 1 is 1.05 bits per heavy atom. The van der Waals surface area contributed by atoms with Crippen molar-refractivity contribution in [1.29, 1.82) is 0 Å². The lowest BCUT2D eigenvalue weighted by atomic mass is 9.98. The SMILES string of the molecule is CCCCCNC(=O)C(c1cccc(C)c1)N(C(=O)C(Cc1ccccc1)NC(=O)OC(C)(C)C)C1CC1C. The molecule has 0 aromatic heterocycles. The molecule has 0 radical (unpaired) electrons. The average Bonchev–Trinajstić information content (AvgIpc) is 3.59. The first kappa shape index (κ1) is 30.2. The van der Waals surface area contributed by atoms with Crippen molar-refractivity contribution in [3.05, 3.63) is 71.3 Å². The number of benzene rings is 2. The van der Waals surface area contributed by atoms with Gasteiger partial charge in [-0.3, -0.25) is 9.59 Å². The third-order valence-electron chi connectivity index (χ3n) is 6.91. The number of nitrogens with one attached hydrogen (secondary N) is 2. The van der Waals surface area contributed by atoms with Gasteiger partial charge in [-0.05, 0) is 57.6 Å². The summed E-state index contributed by atoms with van der Waals surface area (Å²) in [5, 5.41) is 5.92. The van der Waals surface area contributed by atoms with Gasteiger partial charge < -0.3 is 20.3 Å². The predicted octanol–water partition coefficient (Wildman–Crippen LogP) is 5.72. The molecule has 7 heteroatoms. The lowest BCUT2D eigenvalue weighted by Crippen LogP contribution is -2.54. The molecule has 1 aliphatic carbocycles. The van der Waals surface area contributed by atoms with Crippen molar-refractivity contribution in [3.63, 3.8) is 0 Å². The zero-order valence-corrected chi connectivity index (χ0v) is 24.3. The van der Waals surface area contributed by atoms with Gasteiger partial charge in [0.1, 0.15) is 17.7 Å². The van der Waals surface area contributed by atoms with E-state index in [0.29, 0.717) is 6.54 Å². The molecule has 4 unspecified atom stereocenters. The normalized spacial score (nSPS) is 18.0. The van der Waals surface area contributed by atoms with Gasteiger partial charge >= 0.3 is 6.09 Å². The number of amides is 3. The number of alkyl carbamates (subject to hydrolysis) is 1. The quantitative estimate of drug-likeness (QED) is 0.341. The van der Waals surface area contributed by atoms with Crippen molar-refractivity contribution in [2.45, 2.75) is 97.4 Å². The minimum Gasteiger partial charge on any atom is -0.444 e. The molecule has 2 N–H and O–H groups in total. The van der Waals surface area contributed by atoms with E-state index in [4.69, 9.17) is 4.74 Å². The van der Waals surface area contributed by atoms with E-state index in [1.54, 1.807) is 25.7 Å². The van der Waals surface area contributed by atoms with E-state index in [1.807, 2.05) is 61.5 Å². The highest BCUT2D eigenvalue weighted by Gasteiger charge is 2.48. The number of carbonyl (C=O) groups excluding carboxylic acids is 3. The fraction of sp³-hybridized carbons (Fsp3) is 0.531. The fourth-order valence-electron chi connectivity index (χ4n) is 4.81. The van der Waals surface area contributed by atoms with Gasteiger partial charge in [0.25, 0.3) is 0 Å². The summed E-state index contributed by atoms with van der Waals surface area (Å²) in [6, 6.07) is 15.6.